The highest BCUT2D eigenvalue weighted by Gasteiger charge is 2.25. The maximum atomic E-state index is 14.3. The standard InChI is InChI=1S/C23H25ClFN3O2/c1-4-28(5-2)14-17-11-9-16(10-12-17)13-26-23(29)20-15(3)30-27-22(20)21-18(24)7-6-8-19(21)25/h6-12H,4-5,13-14H2,1-3H3,(H,26,29). The molecule has 0 saturated carbocycles. The molecule has 7 heteroatoms. The van der Waals surface area contributed by atoms with Crippen molar-refractivity contribution in [1.82, 2.24) is 15.4 Å². The molecule has 0 atom stereocenters. The second-order valence-corrected chi connectivity index (χ2v) is 7.43. The fourth-order valence-corrected chi connectivity index (χ4v) is 3.53. The van der Waals surface area contributed by atoms with E-state index < -0.39 is 11.7 Å². The van der Waals surface area contributed by atoms with E-state index in [2.05, 4.69) is 41.4 Å². The summed E-state index contributed by atoms with van der Waals surface area (Å²) in [5.74, 6) is -0.652. The number of nitrogens with zero attached hydrogens (tertiary/aromatic N) is 2. The summed E-state index contributed by atoms with van der Waals surface area (Å²) < 4.78 is 19.5. The van der Waals surface area contributed by atoms with Gasteiger partial charge in [-0.15, -0.1) is 0 Å². The first-order chi connectivity index (χ1) is 14.4. The molecule has 3 rings (SSSR count). The lowest BCUT2D eigenvalue weighted by Gasteiger charge is -2.18. The van der Waals surface area contributed by atoms with Crippen LogP contribution in [-0.2, 0) is 13.1 Å². The Kier molecular flexibility index (Phi) is 7.24. The van der Waals surface area contributed by atoms with Gasteiger partial charge in [-0.3, -0.25) is 9.69 Å². The summed E-state index contributed by atoms with van der Waals surface area (Å²) in [5, 5.41) is 6.90. The van der Waals surface area contributed by atoms with Crippen molar-refractivity contribution in [3.8, 4) is 11.3 Å². The van der Waals surface area contributed by atoms with Crippen LogP contribution in [0.2, 0.25) is 5.02 Å². The van der Waals surface area contributed by atoms with Crippen molar-refractivity contribution in [2.45, 2.75) is 33.9 Å². The Bertz CT molecular complexity index is 994. The second kappa shape index (κ2) is 9.87. The van der Waals surface area contributed by atoms with Gasteiger partial charge in [0.15, 0.2) is 0 Å². The number of hydrogen-bond acceptors (Lipinski definition) is 4. The number of carbonyl (C=O) groups excluding carboxylic acids is 1. The van der Waals surface area contributed by atoms with Crippen LogP contribution < -0.4 is 5.32 Å². The van der Waals surface area contributed by atoms with Crippen LogP contribution in [-0.4, -0.2) is 29.1 Å². The molecule has 0 unspecified atom stereocenters. The molecule has 0 saturated heterocycles. The number of benzene rings is 2. The van der Waals surface area contributed by atoms with E-state index in [1.165, 1.54) is 17.7 Å². The molecule has 1 heterocycles. The van der Waals surface area contributed by atoms with E-state index in [0.29, 0.717) is 12.3 Å². The fraction of sp³-hybridized carbons (Fsp3) is 0.304. The average Bonchev–Trinajstić information content (AvgIpc) is 3.12. The first-order valence-electron chi connectivity index (χ1n) is 9.93. The van der Waals surface area contributed by atoms with Gasteiger partial charge in [-0.2, -0.15) is 0 Å². The zero-order valence-corrected chi connectivity index (χ0v) is 18.1. The molecular formula is C23H25ClFN3O2. The number of aromatic nitrogens is 1. The maximum Gasteiger partial charge on any atom is 0.257 e. The lowest BCUT2D eigenvalue weighted by atomic mass is 10.0. The molecule has 0 aliphatic rings. The Morgan fingerprint density at radius 1 is 1.13 bits per heavy atom. The Balaban J connectivity index is 1.73. The van der Waals surface area contributed by atoms with Crippen LogP contribution in [0.1, 0.15) is 41.1 Å². The Morgan fingerprint density at radius 3 is 2.43 bits per heavy atom. The van der Waals surface area contributed by atoms with Gasteiger partial charge in [0.05, 0.1) is 10.6 Å². The van der Waals surface area contributed by atoms with Crippen LogP contribution in [0.5, 0.6) is 0 Å². The van der Waals surface area contributed by atoms with Crippen LogP contribution in [0.4, 0.5) is 4.39 Å². The molecule has 5 nitrogen and oxygen atoms in total. The van der Waals surface area contributed by atoms with Crippen LogP contribution in [0.25, 0.3) is 11.3 Å². The number of halogens is 2. The van der Waals surface area contributed by atoms with E-state index in [9.17, 15) is 9.18 Å². The summed E-state index contributed by atoms with van der Waals surface area (Å²) in [4.78, 5) is 15.2. The molecule has 1 amide bonds. The Morgan fingerprint density at radius 2 is 1.80 bits per heavy atom. The molecule has 0 radical (unpaired) electrons. The fourth-order valence-electron chi connectivity index (χ4n) is 3.27. The Hall–Kier alpha value is -2.70. The molecule has 0 bridgehead atoms. The third-order valence-electron chi connectivity index (χ3n) is 5.07. The van der Waals surface area contributed by atoms with Crippen LogP contribution in [0, 0.1) is 12.7 Å². The third-order valence-corrected chi connectivity index (χ3v) is 5.38. The van der Waals surface area contributed by atoms with Gasteiger partial charge in [-0.25, -0.2) is 4.39 Å². The zero-order chi connectivity index (χ0) is 21.7. The number of rotatable bonds is 8. The number of amides is 1. The predicted octanol–water partition coefficient (Wildman–Crippen LogP) is 5.21. The van der Waals surface area contributed by atoms with Crippen molar-refractivity contribution in [3.63, 3.8) is 0 Å². The van der Waals surface area contributed by atoms with E-state index in [1.807, 2.05) is 12.1 Å². The molecule has 2 aromatic carbocycles. The minimum Gasteiger partial charge on any atom is -0.360 e. The lowest BCUT2D eigenvalue weighted by Crippen LogP contribution is -2.24. The summed E-state index contributed by atoms with van der Waals surface area (Å²) >= 11 is 6.14. The number of nitrogens with one attached hydrogen (secondary N) is 1. The van der Waals surface area contributed by atoms with Gasteiger partial charge in [-0.1, -0.05) is 60.9 Å². The van der Waals surface area contributed by atoms with E-state index in [1.54, 1.807) is 13.0 Å². The van der Waals surface area contributed by atoms with Crippen LogP contribution in [0.3, 0.4) is 0 Å². The first kappa shape index (κ1) is 22.0. The topological polar surface area (TPSA) is 58.4 Å². The molecule has 0 fully saturated rings. The molecule has 1 N–H and O–H groups in total. The summed E-state index contributed by atoms with van der Waals surface area (Å²) in [6.07, 6.45) is 0. The van der Waals surface area contributed by atoms with Gasteiger partial charge in [0, 0.05) is 13.1 Å². The average molecular weight is 430 g/mol. The normalized spacial score (nSPS) is 11.1. The lowest BCUT2D eigenvalue weighted by molar-refractivity contribution is 0.0950. The van der Waals surface area contributed by atoms with E-state index in [0.717, 1.165) is 25.2 Å². The third kappa shape index (κ3) is 4.89. The van der Waals surface area contributed by atoms with Crippen LogP contribution >= 0.6 is 11.6 Å². The molecule has 3 aromatic rings. The minimum atomic E-state index is -0.561. The van der Waals surface area contributed by atoms with Crippen molar-refractivity contribution in [3.05, 3.63) is 75.8 Å². The SMILES string of the molecule is CCN(CC)Cc1ccc(CNC(=O)c2c(-c3c(F)cccc3Cl)noc2C)cc1. The van der Waals surface area contributed by atoms with Crippen molar-refractivity contribution in [2.75, 3.05) is 13.1 Å². The highest BCUT2D eigenvalue weighted by atomic mass is 35.5. The van der Waals surface area contributed by atoms with Crippen molar-refractivity contribution in [2.24, 2.45) is 0 Å². The first-order valence-corrected chi connectivity index (χ1v) is 10.3. The van der Waals surface area contributed by atoms with E-state index in [4.69, 9.17) is 16.1 Å². The largest absolute Gasteiger partial charge is 0.360 e. The predicted molar refractivity (Wildman–Crippen MR) is 116 cm³/mol. The number of hydrogen-bond donors (Lipinski definition) is 1. The van der Waals surface area contributed by atoms with Gasteiger partial charge >= 0.3 is 0 Å². The zero-order valence-electron chi connectivity index (χ0n) is 17.3. The summed E-state index contributed by atoms with van der Waals surface area (Å²) in [6, 6.07) is 12.4. The molecule has 1 aromatic heterocycles. The van der Waals surface area contributed by atoms with Gasteiger partial charge in [0.25, 0.3) is 5.91 Å². The Labute approximate surface area is 180 Å². The van der Waals surface area contributed by atoms with Gasteiger partial charge < -0.3 is 9.84 Å². The van der Waals surface area contributed by atoms with Gasteiger partial charge in [0.2, 0.25) is 0 Å². The van der Waals surface area contributed by atoms with Crippen LogP contribution in [0.15, 0.2) is 47.0 Å². The molecule has 0 aliphatic carbocycles. The maximum absolute atomic E-state index is 14.3. The number of carbonyl (C=O) groups is 1. The van der Waals surface area contributed by atoms with E-state index in [-0.39, 0.29) is 21.8 Å². The molecule has 158 valence electrons. The second-order valence-electron chi connectivity index (χ2n) is 7.02. The van der Waals surface area contributed by atoms with Crippen molar-refractivity contribution < 1.29 is 13.7 Å². The molecule has 0 aliphatic heterocycles. The highest BCUT2D eigenvalue weighted by Crippen LogP contribution is 2.33. The molecule has 0 spiro atoms. The summed E-state index contributed by atoms with van der Waals surface area (Å²) in [6.45, 7) is 9.13. The van der Waals surface area contributed by atoms with Crippen molar-refractivity contribution in [1.29, 1.82) is 0 Å². The minimum absolute atomic E-state index is 0.0573. The van der Waals surface area contributed by atoms with E-state index >= 15 is 0 Å². The van der Waals surface area contributed by atoms with Crippen molar-refractivity contribution >= 4 is 17.5 Å². The number of aryl methyl sites for hydroxylation is 1. The summed E-state index contributed by atoms with van der Waals surface area (Å²) in [5.41, 5.74) is 2.52. The monoisotopic (exact) mass is 429 g/mol. The highest BCUT2D eigenvalue weighted by molar-refractivity contribution is 6.33. The summed E-state index contributed by atoms with van der Waals surface area (Å²) in [7, 11) is 0. The van der Waals surface area contributed by atoms with Gasteiger partial charge in [0.1, 0.15) is 22.8 Å². The molecule has 30 heavy (non-hydrogen) atoms. The molecular weight excluding hydrogens is 405 g/mol. The smallest absolute Gasteiger partial charge is 0.257 e. The van der Waals surface area contributed by atoms with Gasteiger partial charge in [-0.05, 0) is 43.3 Å². The quantitative estimate of drug-likeness (QED) is 0.533.